The second-order valence-corrected chi connectivity index (χ2v) is 13.0. The third-order valence-corrected chi connectivity index (χ3v) is 9.32. The summed E-state index contributed by atoms with van der Waals surface area (Å²) in [7, 11) is 0. The lowest BCUT2D eigenvalue weighted by atomic mass is 9.92. The lowest BCUT2D eigenvalue weighted by Crippen LogP contribution is -1.96. The summed E-state index contributed by atoms with van der Waals surface area (Å²) in [5.74, 6) is 0. The maximum Gasteiger partial charge on any atom is 0.0541 e. The Morgan fingerprint density at radius 3 is 1.47 bits per heavy atom. The fourth-order valence-electron chi connectivity index (χ4n) is 7.65. The molecule has 0 N–H and O–H groups in total. The van der Waals surface area contributed by atoms with Crippen molar-refractivity contribution in [3.8, 4) is 27.9 Å². The van der Waals surface area contributed by atoms with Crippen LogP contribution in [0.3, 0.4) is 0 Å². The first kappa shape index (κ1) is 28.7. The van der Waals surface area contributed by atoms with Gasteiger partial charge in [0.2, 0.25) is 0 Å². The minimum atomic E-state index is 1.11. The predicted molar refractivity (Wildman–Crippen MR) is 193 cm³/mol. The van der Waals surface area contributed by atoms with Gasteiger partial charge in [-0.3, -0.25) is 0 Å². The van der Waals surface area contributed by atoms with E-state index in [-0.39, 0.29) is 0 Å². The standard InChI is InChI=1S/C44H39N/c1-26-9-16-38(29(4)19-26)35-12-17-41-39(24-35)40-25-36(44-32(7)22-28(3)23-33(44)8)13-18-42(40)45(41)37-14-10-34(11-15-37)43-30(5)20-27(2)21-31(43)6/h10-15,17-25H,1-8H3. The average molecular weight is 582 g/mol. The van der Waals surface area contributed by atoms with Crippen molar-refractivity contribution in [2.24, 2.45) is 0 Å². The van der Waals surface area contributed by atoms with Gasteiger partial charge in [-0.05, 0) is 159 Å². The molecule has 1 aliphatic rings. The van der Waals surface area contributed by atoms with E-state index in [1.54, 1.807) is 0 Å². The summed E-state index contributed by atoms with van der Waals surface area (Å²) in [6, 6.07) is 32.1. The van der Waals surface area contributed by atoms with E-state index in [1.807, 2.05) is 0 Å². The van der Waals surface area contributed by atoms with Gasteiger partial charge in [-0.1, -0.05) is 71.1 Å². The summed E-state index contributed by atoms with van der Waals surface area (Å²) in [5, 5.41) is 2.50. The Kier molecular flexibility index (Phi) is 6.91. The van der Waals surface area contributed by atoms with Crippen molar-refractivity contribution in [1.29, 1.82) is 0 Å². The largest absolute Gasteiger partial charge is 0.309 e. The van der Waals surface area contributed by atoms with Gasteiger partial charge < -0.3 is 4.57 Å². The minimum absolute atomic E-state index is 1.11. The monoisotopic (exact) mass is 581 g/mol. The number of nitrogens with zero attached hydrogens (tertiary/aromatic N) is 1. The van der Waals surface area contributed by atoms with Gasteiger partial charge in [0, 0.05) is 22.0 Å². The molecule has 1 aliphatic carbocycles. The van der Waals surface area contributed by atoms with E-state index in [0.717, 1.165) is 16.8 Å². The maximum atomic E-state index is 3.43. The predicted octanol–water partition coefficient (Wildman–Crippen LogP) is 12.0. The summed E-state index contributed by atoms with van der Waals surface area (Å²) in [4.78, 5) is 0. The molecule has 45 heavy (non-hydrogen) atoms. The molecule has 0 bridgehead atoms. The number of aromatic nitrogens is 1. The zero-order valence-corrected chi connectivity index (χ0v) is 27.6. The SMILES string of the molecule is CC1=C=C=C(c2ccc3c(c2)c2cc(-c4c(C)cc(C)cc4C)ccc2n3-c2ccc(-c3c(C)cc(C)cc3C)cc2)C(C)=C1. The summed E-state index contributed by atoms with van der Waals surface area (Å²) >= 11 is 0. The first-order valence-corrected chi connectivity index (χ1v) is 15.9. The smallest absolute Gasteiger partial charge is 0.0541 e. The van der Waals surface area contributed by atoms with E-state index in [0.29, 0.717) is 0 Å². The highest BCUT2D eigenvalue weighted by atomic mass is 15.0. The van der Waals surface area contributed by atoms with Gasteiger partial charge in [0.15, 0.2) is 0 Å². The number of benzene rings is 5. The van der Waals surface area contributed by atoms with Gasteiger partial charge in [0.05, 0.1) is 11.0 Å². The molecule has 1 aromatic heterocycles. The highest BCUT2D eigenvalue weighted by molar-refractivity contribution is 6.11. The topological polar surface area (TPSA) is 4.93 Å². The van der Waals surface area contributed by atoms with Crippen LogP contribution < -0.4 is 0 Å². The third-order valence-electron chi connectivity index (χ3n) is 9.32. The molecule has 0 radical (unpaired) electrons. The Morgan fingerprint density at radius 2 is 0.933 bits per heavy atom. The van der Waals surface area contributed by atoms with Gasteiger partial charge in [-0.2, -0.15) is 0 Å². The second-order valence-electron chi connectivity index (χ2n) is 13.0. The van der Waals surface area contributed by atoms with Crippen LogP contribution >= 0.6 is 0 Å². The van der Waals surface area contributed by atoms with Crippen molar-refractivity contribution >= 4 is 27.4 Å². The van der Waals surface area contributed by atoms with Crippen molar-refractivity contribution in [2.45, 2.75) is 55.4 Å². The van der Waals surface area contributed by atoms with Crippen LogP contribution in [0.5, 0.6) is 0 Å². The lowest BCUT2D eigenvalue weighted by molar-refractivity contribution is 1.18. The molecule has 6 aromatic rings. The summed E-state index contributed by atoms with van der Waals surface area (Å²) in [6.45, 7) is 17.5. The Balaban J connectivity index is 1.46. The molecule has 0 atom stereocenters. The molecule has 0 saturated heterocycles. The van der Waals surface area contributed by atoms with Crippen molar-refractivity contribution in [3.05, 3.63) is 153 Å². The van der Waals surface area contributed by atoms with Gasteiger partial charge >= 0.3 is 0 Å². The van der Waals surface area contributed by atoms with Crippen molar-refractivity contribution in [2.75, 3.05) is 0 Å². The van der Waals surface area contributed by atoms with Crippen LogP contribution in [0.1, 0.15) is 52.8 Å². The van der Waals surface area contributed by atoms with Gasteiger partial charge in [-0.25, -0.2) is 0 Å². The molecule has 0 aliphatic heterocycles. The van der Waals surface area contributed by atoms with Crippen LogP contribution in [0.4, 0.5) is 0 Å². The molecule has 220 valence electrons. The number of aryl methyl sites for hydroxylation is 6. The van der Waals surface area contributed by atoms with Gasteiger partial charge in [0.1, 0.15) is 0 Å². The normalized spacial score (nSPS) is 12.9. The van der Waals surface area contributed by atoms with E-state index in [1.165, 1.54) is 88.6 Å². The Bertz CT molecular complexity index is 2290. The zero-order valence-electron chi connectivity index (χ0n) is 27.6. The number of rotatable bonds is 4. The highest BCUT2D eigenvalue weighted by Crippen LogP contribution is 2.39. The van der Waals surface area contributed by atoms with Crippen LogP contribution in [-0.2, 0) is 0 Å². The summed E-state index contributed by atoms with van der Waals surface area (Å²) in [6.07, 6.45) is 2.19. The van der Waals surface area contributed by atoms with Crippen LogP contribution in [0.25, 0.3) is 55.3 Å². The average Bonchev–Trinajstić information content (AvgIpc) is 3.29. The van der Waals surface area contributed by atoms with Crippen molar-refractivity contribution < 1.29 is 0 Å². The summed E-state index contributed by atoms with van der Waals surface area (Å²) in [5.41, 5.74) is 28.0. The molecule has 0 spiro atoms. The zero-order chi connectivity index (χ0) is 31.6. The molecular weight excluding hydrogens is 542 g/mol. The minimum Gasteiger partial charge on any atom is -0.309 e. The Hall–Kier alpha value is -5.06. The van der Waals surface area contributed by atoms with E-state index >= 15 is 0 Å². The molecule has 0 unspecified atom stereocenters. The lowest BCUT2D eigenvalue weighted by Gasteiger charge is -2.14. The molecule has 1 nitrogen and oxygen atoms in total. The number of hydrogen-bond donors (Lipinski definition) is 0. The van der Waals surface area contributed by atoms with Crippen LogP contribution in [0.15, 0.2) is 114 Å². The number of fused-ring (bicyclic) bond motifs is 3. The molecule has 5 aromatic carbocycles. The van der Waals surface area contributed by atoms with Gasteiger partial charge in [-0.15, -0.1) is 0 Å². The molecule has 0 saturated carbocycles. The number of hydrogen-bond acceptors (Lipinski definition) is 0. The Morgan fingerprint density at radius 1 is 0.467 bits per heavy atom. The van der Waals surface area contributed by atoms with E-state index in [9.17, 15) is 0 Å². The second kappa shape index (κ2) is 10.8. The molecule has 1 heterocycles. The van der Waals surface area contributed by atoms with Crippen molar-refractivity contribution in [1.82, 2.24) is 4.57 Å². The molecule has 0 fully saturated rings. The van der Waals surface area contributed by atoms with E-state index < -0.39 is 0 Å². The van der Waals surface area contributed by atoms with E-state index in [4.69, 9.17) is 0 Å². The van der Waals surface area contributed by atoms with E-state index in [2.05, 4.69) is 162 Å². The molecule has 1 heteroatoms. The Labute approximate surface area is 267 Å². The van der Waals surface area contributed by atoms with Crippen LogP contribution in [-0.4, -0.2) is 4.57 Å². The first-order valence-electron chi connectivity index (χ1n) is 15.9. The maximum absolute atomic E-state index is 3.43. The molecule has 0 amide bonds. The quantitative estimate of drug-likeness (QED) is 0.183. The summed E-state index contributed by atoms with van der Waals surface area (Å²) < 4.78 is 2.42. The van der Waals surface area contributed by atoms with Crippen LogP contribution in [0, 0.1) is 41.5 Å². The van der Waals surface area contributed by atoms with Crippen molar-refractivity contribution in [3.63, 3.8) is 0 Å². The van der Waals surface area contributed by atoms with Gasteiger partial charge in [0.25, 0.3) is 0 Å². The molecule has 7 rings (SSSR count). The first-order chi connectivity index (χ1) is 21.6. The fourth-order valence-corrected chi connectivity index (χ4v) is 7.65. The third kappa shape index (κ3) is 4.92. The fraction of sp³-hybridized carbons (Fsp3) is 0.182. The highest BCUT2D eigenvalue weighted by Gasteiger charge is 2.18. The van der Waals surface area contributed by atoms with Crippen LogP contribution in [0.2, 0.25) is 0 Å². The number of allylic oxidation sites excluding steroid dienone is 4. The molecular formula is C44H39N.